The summed E-state index contributed by atoms with van der Waals surface area (Å²) < 4.78 is 5.41. The van der Waals surface area contributed by atoms with Crippen molar-refractivity contribution in [3.05, 3.63) is 45.8 Å². The third-order valence-electron chi connectivity index (χ3n) is 3.27. The van der Waals surface area contributed by atoms with Gasteiger partial charge in [0.05, 0.1) is 13.2 Å². The minimum absolute atomic E-state index is 0.619. The highest BCUT2D eigenvalue weighted by Crippen LogP contribution is 2.16. The Kier molecular flexibility index (Phi) is 6.87. The molecule has 0 atom stereocenters. The van der Waals surface area contributed by atoms with Gasteiger partial charge in [-0.3, -0.25) is 4.99 Å². The van der Waals surface area contributed by atoms with Crippen molar-refractivity contribution >= 4 is 17.3 Å². The number of nitrogens with zero attached hydrogens (tertiary/aromatic N) is 2. The lowest BCUT2D eigenvalue weighted by molar-refractivity contribution is 0.326. The fraction of sp³-hybridized carbons (Fsp3) is 0.412. The van der Waals surface area contributed by atoms with Gasteiger partial charge in [0.15, 0.2) is 5.96 Å². The first kappa shape index (κ1) is 17.3. The van der Waals surface area contributed by atoms with Crippen molar-refractivity contribution in [1.82, 2.24) is 15.6 Å². The molecular weight excluding hydrogens is 308 g/mol. The van der Waals surface area contributed by atoms with E-state index < -0.39 is 0 Å². The van der Waals surface area contributed by atoms with Crippen LogP contribution in [0.1, 0.15) is 29.2 Å². The Labute approximate surface area is 141 Å². The number of nitrogens with one attached hydrogen (secondary N) is 2. The van der Waals surface area contributed by atoms with Gasteiger partial charge in [-0.25, -0.2) is 4.98 Å². The van der Waals surface area contributed by atoms with Gasteiger partial charge in [-0.1, -0.05) is 6.92 Å². The van der Waals surface area contributed by atoms with Gasteiger partial charge >= 0.3 is 0 Å². The van der Waals surface area contributed by atoms with Gasteiger partial charge in [-0.2, -0.15) is 0 Å². The summed E-state index contributed by atoms with van der Waals surface area (Å²) in [5.74, 6) is 1.44. The maximum Gasteiger partial charge on any atom is 0.213 e. The fourth-order valence-corrected chi connectivity index (χ4v) is 2.97. The van der Waals surface area contributed by atoms with E-state index in [1.807, 2.05) is 30.4 Å². The van der Waals surface area contributed by atoms with Crippen molar-refractivity contribution in [1.29, 1.82) is 0 Å². The van der Waals surface area contributed by atoms with Crippen molar-refractivity contribution < 1.29 is 4.74 Å². The number of aliphatic imine (C=N–C) groups is 1. The van der Waals surface area contributed by atoms with Crippen LogP contribution in [0.5, 0.6) is 5.88 Å². The molecule has 2 heterocycles. The number of ether oxygens (including phenoxy) is 1. The molecule has 0 aliphatic heterocycles. The molecule has 5 nitrogen and oxygen atoms in total. The number of thiophene rings is 1. The van der Waals surface area contributed by atoms with Crippen LogP contribution in [0, 0.1) is 0 Å². The van der Waals surface area contributed by atoms with Gasteiger partial charge < -0.3 is 15.4 Å². The van der Waals surface area contributed by atoms with E-state index in [4.69, 9.17) is 4.74 Å². The SMILES string of the molecule is CCOc1cc(CNC(=NC)NCc2ccc(CC)s2)ccn1. The molecule has 0 unspecified atom stereocenters. The molecule has 0 radical (unpaired) electrons. The first-order valence-corrected chi connectivity index (χ1v) is 8.66. The molecule has 2 aromatic heterocycles. The van der Waals surface area contributed by atoms with Gasteiger partial charge in [0.1, 0.15) is 0 Å². The summed E-state index contributed by atoms with van der Waals surface area (Å²) in [6.07, 6.45) is 2.85. The Morgan fingerprint density at radius 3 is 2.65 bits per heavy atom. The minimum Gasteiger partial charge on any atom is -0.478 e. The van der Waals surface area contributed by atoms with E-state index in [0.29, 0.717) is 19.0 Å². The molecular formula is C17H24N4OS. The zero-order valence-corrected chi connectivity index (χ0v) is 14.7. The standard InChI is InChI=1S/C17H24N4OS/c1-4-14-6-7-15(23-14)12-21-17(18-3)20-11-13-8-9-19-16(10-13)22-5-2/h6-10H,4-5,11-12H2,1-3H3,(H2,18,20,21). The molecule has 23 heavy (non-hydrogen) atoms. The molecule has 0 aromatic carbocycles. The molecule has 6 heteroatoms. The van der Waals surface area contributed by atoms with Crippen LogP contribution in [-0.2, 0) is 19.5 Å². The molecule has 0 saturated heterocycles. The monoisotopic (exact) mass is 332 g/mol. The molecule has 2 rings (SSSR count). The van der Waals surface area contributed by atoms with Gasteiger partial charge in [0, 0.05) is 35.6 Å². The summed E-state index contributed by atoms with van der Waals surface area (Å²) in [5, 5.41) is 6.64. The predicted molar refractivity (Wildman–Crippen MR) is 96.1 cm³/mol. The number of hydrogen-bond donors (Lipinski definition) is 2. The van der Waals surface area contributed by atoms with Crippen LogP contribution in [0.15, 0.2) is 35.5 Å². The summed E-state index contributed by atoms with van der Waals surface area (Å²) in [7, 11) is 1.78. The van der Waals surface area contributed by atoms with Crippen molar-refractivity contribution in [3.8, 4) is 5.88 Å². The number of aromatic nitrogens is 1. The molecule has 0 bridgehead atoms. The van der Waals surface area contributed by atoms with Crippen LogP contribution >= 0.6 is 11.3 Å². The molecule has 0 fully saturated rings. The number of pyridine rings is 1. The summed E-state index contributed by atoms with van der Waals surface area (Å²) in [6, 6.07) is 8.26. The molecule has 0 aliphatic carbocycles. The summed E-state index contributed by atoms with van der Waals surface area (Å²) in [5.41, 5.74) is 1.11. The van der Waals surface area contributed by atoms with Gasteiger partial charge in [-0.15, -0.1) is 11.3 Å². The van der Waals surface area contributed by atoms with E-state index in [1.165, 1.54) is 9.75 Å². The first-order valence-electron chi connectivity index (χ1n) is 7.85. The highest BCUT2D eigenvalue weighted by Gasteiger charge is 2.03. The highest BCUT2D eigenvalue weighted by molar-refractivity contribution is 7.11. The van der Waals surface area contributed by atoms with Gasteiger partial charge in [0.25, 0.3) is 0 Å². The lowest BCUT2D eigenvalue weighted by atomic mass is 10.2. The molecule has 124 valence electrons. The molecule has 0 spiro atoms. The van der Waals surface area contributed by atoms with E-state index in [9.17, 15) is 0 Å². The topological polar surface area (TPSA) is 58.5 Å². The summed E-state index contributed by atoms with van der Waals surface area (Å²) in [4.78, 5) is 11.1. The second kappa shape index (κ2) is 9.15. The van der Waals surface area contributed by atoms with Crippen molar-refractivity contribution in [2.45, 2.75) is 33.4 Å². The van der Waals surface area contributed by atoms with Crippen LogP contribution in [0.2, 0.25) is 0 Å². The quantitative estimate of drug-likeness (QED) is 0.604. The second-order valence-electron chi connectivity index (χ2n) is 4.94. The van der Waals surface area contributed by atoms with Gasteiger partial charge in [-0.05, 0) is 37.1 Å². The maximum absolute atomic E-state index is 5.41. The molecule has 0 aliphatic rings. The fourth-order valence-electron chi connectivity index (χ4n) is 2.07. The molecule has 0 amide bonds. The van der Waals surface area contributed by atoms with Crippen LogP contribution in [0.3, 0.4) is 0 Å². The Morgan fingerprint density at radius 2 is 1.96 bits per heavy atom. The Balaban J connectivity index is 1.84. The van der Waals surface area contributed by atoms with Crippen LogP contribution in [0.4, 0.5) is 0 Å². The van der Waals surface area contributed by atoms with Gasteiger partial charge in [0.2, 0.25) is 5.88 Å². The Morgan fingerprint density at radius 1 is 1.17 bits per heavy atom. The number of hydrogen-bond acceptors (Lipinski definition) is 4. The van der Waals surface area contributed by atoms with E-state index >= 15 is 0 Å². The average molecular weight is 332 g/mol. The van der Waals surface area contributed by atoms with Crippen LogP contribution in [0.25, 0.3) is 0 Å². The summed E-state index contributed by atoms with van der Waals surface area (Å²) >= 11 is 1.84. The molecule has 0 saturated carbocycles. The maximum atomic E-state index is 5.41. The lowest BCUT2D eigenvalue weighted by Gasteiger charge is -2.11. The largest absolute Gasteiger partial charge is 0.478 e. The number of rotatable bonds is 7. The zero-order chi connectivity index (χ0) is 16.5. The third-order valence-corrected chi connectivity index (χ3v) is 4.50. The molecule has 2 N–H and O–H groups in total. The molecule has 2 aromatic rings. The van der Waals surface area contributed by atoms with Crippen molar-refractivity contribution in [3.63, 3.8) is 0 Å². The smallest absolute Gasteiger partial charge is 0.213 e. The van der Waals surface area contributed by atoms with E-state index in [1.54, 1.807) is 13.2 Å². The normalized spacial score (nSPS) is 11.3. The summed E-state index contributed by atoms with van der Waals surface area (Å²) in [6.45, 7) is 6.20. The van der Waals surface area contributed by atoms with Crippen LogP contribution in [-0.4, -0.2) is 24.6 Å². The van der Waals surface area contributed by atoms with Crippen molar-refractivity contribution in [2.75, 3.05) is 13.7 Å². The number of aryl methyl sites for hydroxylation is 1. The minimum atomic E-state index is 0.619. The Hall–Kier alpha value is -2.08. The van der Waals surface area contributed by atoms with E-state index in [2.05, 4.69) is 39.7 Å². The first-order chi connectivity index (χ1) is 11.2. The van der Waals surface area contributed by atoms with Crippen LogP contribution < -0.4 is 15.4 Å². The highest BCUT2D eigenvalue weighted by atomic mass is 32.1. The predicted octanol–water partition coefficient (Wildman–Crippen LogP) is 2.97. The van der Waals surface area contributed by atoms with Crippen molar-refractivity contribution in [2.24, 2.45) is 4.99 Å². The lowest BCUT2D eigenvalue weighted by Crippen LogP contribution is -2.36. The van der Waals surface area contributed by atoms with E-state index in [-0.39, 0.29) is 0 Å². The second-order valence-corrected chi connectivity index (χ2v) is 6.19. The zero-order valence-electron chi connectivity index (χ0n) is 13.9. The average Bonchev–Trinajstić information content (AvgIpc) is 3.04. The third kappa shape index (κ3) is 5.56. The number of guanidine groups is 1. The Bertz CT molecular complexity index is 639. The van der Waals surface area contributed by atoms with E-state index in [0.717, 1.165) is 24.5 Å².